The molecule has 0 radical (unpaired) electrons. The number of hydrogen-bond acceptors (Lipinski definition) is 4. The first-order valence-electron chi connectivity index (χ1n) is 12.0. The number of carbonyl (C=O) groups excluding carboxylic acids is 1. The van der Waals surface area contributed by atoms with Gasteiger partial charge in [-0.15, -0.1) is 0 Å². The van der Waals surface area contributed by atoms with Crippen molar-refractivity contribution in [1.82, 2.24) is 10.2 Å². The number of piperazine rings is 1. The first kappa shape index (κ1) is 26.4. The fraction of sp³-hybridized carbons (Fsp3) is 0.286. The molecule has 0 bridgehead atoms. The number of benzene rings is 3. The van der Waals surface area contributed by atoms with Crippen molar-refractivity contribution >= 4 is 57.8 Å². The van der Waals surface area contributed by atoms with Crippen LogP contribution < -0.4 is 15.5 Å². The Morgan fingerprint density at radius 2 is 1.64 bits per heavy atom. The van der Waals surface area contributed by atoms with Gasteiger partial charge in [0.05, 0.1) is 10.7 Å². The lowest BCUT2D eigenvalue weighted by Gasteiger charge is -2.36. The van der Waals surface area contributed by atoms with Crippen LogP contribution in [-0.4, -0.2) is 42.1 Å². The maximum atomic E-state index is 12.5. The molecule has 0 aromatic heterocycles. The Labute approximate surface area is 228 Å². The number of nitrogens with one attached hydrogen (secondary N) is 2. The van der Waals surface area contributed by atoms with Crippen molar-refractivity contribution in [2.45, 2.75) is 26.3 Å². The predicted molar refractivity (Wildman–Crippen MR) is 155 cm³/mol. The summed E-state index contributed by atoms with van der Waals surface area (Å²) in [6.45, 7) is 8.68. The van der Waals surface area contributed by atoms with Crippen LogP contribution in [-0.2, 0) is 6.54 Å². The lowest BCUT2D eigenvalue weighted by Crippen LogP contribution is -2.46. The molecule has 0 spiro atoms. The molecule has 1 amide bonds. The van der Waals surface area contributed by atoms with Crippen LogP contribution in [0.4, 0.5) is 11.4 Å². The largest absolute Gasteiger partial charge is 0.368 e. The summed E-state index contributed by atoms with van der Waals surface area (Å²) in [5, 5.41) is 7.46. The highest BCUT2D eigenvalue weighted by atomic mass is 35.5. The molecule has 0 saturated carbocycles. The van der Waals surface area contributed by atoms with Gasteiger partial charge in [0.2, 0.25) is 0 Å². The Hall–Kier alpha value is -2.64. The molecule has 2 N–H and O–H groups in total. The number of amides is 1. The number of anilines is 2. The number of carbonyl (C=O) groups is 1. The van der Waals surface area contributed by atoms with E-state index in [0.717, 1.165) is 54.7 Å². The van der Waals surface area contributed by atoms with Gasteiger partial charge in [0, 0.05) is 49.0 Å². The van der Waals surface area contributed by atoms with Crippen LogP contribution in [0.15, 0.2) is 66.7 Å². The van der Waals surface area contributed by atoms with E-state index < -0.39 is 0 Å². The van der Waals surface area contributed by atoms with Gasteiger partial charge in [-0.05, 0) is 65.7 Å². The van der Waals surface area contributed by atoms with E-state index in [1.807, 2.05) is 60.7 Å². The average molecular weight is 542 g/mol. The molecule has 1 heterocycles. The number of halogens is 2. The molecule has 3 aromatic carbocycles. The van der Waals surface area contributed by atoms with E-state index in [0.29, 0.717) is 16.5 Å². The lowest BCUT2D eigenvalue weighted by atomic mass is 10.0. The summed E-state index contributed by atoms with van der Waals surface area (Å²) >= 11 is 18.3. The van der Waals surface area contributed by atoms with E-state index in [1.54, 1.807) is 0 Å². The number of rotatable bonds is 6. The van der Waals surface area contributed by atoms with Gasteiger partial charge >= 0.3 is 0 Å². The first-order valence-corrected chi connectivity index (χ1v) is 13.2. The minimum atomic E-state index is -0.250. The van der Waals surface area contributed by atoms with E-state index in [2.05, 4.69) is 40.3 Å². The molecule has 188 valence electrons. The quantitative estimate of drug-likeness (QED) is 0.346. The third-order valence-electron chi connectivity index (χ3n) is 6.34. The highest BCUT2D eigenvalue weighted by molar-refractivity contribution is 7.80. The summed E-state index contributed by atoms with van der Waals surface area (Å²) in [7, 11) is 0. The summed E-state index contributed by atoms with van der Waals surface area (Å²) < 4.78 is 0. The Morgan fingerprint density at radius 1 is 0.944 bits per heavy atom. The maximum absolute atomic E-state index is 12.5. The topological polar surface area (TPSA) is 47.6 Å². The van der Waals surface area contributed by atoms with Crippen molar-refractivity contribution in [3.8, 4) is 0 Å². The van der Waals surface area contributed by atoms with Crippen molar-refractivity contribution in [2.75, 3.05) is 36.4 Å². The van der Waals surface area contributed by atoms with Crippen molar-refractivity contribution in [3.63, 3.8) is 0 Å². The van der Waals surface area contributed by atoms with Gasteiger partial charge in [0.1, 0.15) is 0 Å². The van der Waals surface area contributed by atoms with Crippen LogP contribution in [0.3, 0.4) is 0 Å². The zero-order valence-corrected chi connectivity index (χ0v) is 22.8. The third-order valence-corrected chi connectivity index (χ3v) is 7.21. The van der Waals surface area contributed by atoms with E-state index in [-0.39, 0.29) is 11.0 Å². The van der Waals surface area contributed by atoms with Crippen LogP contribution in [0.5, 0.6) is 0 Å². The Bertz CT molecular complexity index is 1220. The fourth-order valence-electron chi connectivity index (χ4n) is 4.21. The summed E-state index contributed by atoms with van der Waals surface area (Å²) in [5.74, 6) is 0.162. The molecule has 1 aliphatic heterocycles. The second-order valence-electron chi connectivity index (χ2n) is 9.21. The summed E-state index contributed by atoms with van der Waals surface area (Å²) in [5.41, 5.74) is 4.60. The summed E-state index contributed by atoms with van der Waals surface area (Å²) in [4.78, 5) is 17.2. The lowest BCUT2D eigenvalue weighted by molar-refractivity contribution is 0.0977. The molecule has 8 heteroatoms. The van der Waals surface area contributed by atoms with Gasteiger partial charge in [-0.2, -0.15) is 0 Å². The summed E-state index contributed by atoms with van der Waals surface area (Å²) in [6.07, 6.45) is 0. The van der Waals surface area contributed by atoms with Crippen LogP contribution in [0.25, 0.3) is 0 Å². The molecule has 1 aliphatic rings. The molecule has 1 fully saturated rings. The Kier molecular flexibility index (Phi) is 8.86. The Balaban J connectivity index is 1.30. The van der Waals surface area contributed by atoms with Crippen molar-refractivity contribution < 1.29 is 4.79 Å². The molecule has 1 saturated heterocycles. The fourth-order valence-corrected chi connectivity index (χ4v) is 4.92. The first-order chi connectivity index (χ1) is 17.3. The number of nitrogens with zero attached hydrogens (tertiary/aromatic N) is 2. The number of thiocarbonyl (C=S) groups is 1. The van der Waals surface area contributed by atoms with Crippen molar-refractivity contribution in [1.29, 1.82) is 0 Å². The van der Waals surface area contributed by atoms with Crippen molar-refractivity contribution in [3.05, 3.63) is 93.5 Å². The predicted octanol–water partition coefficient (Wildman–Crippen LogP) is 6.57. The van der Waals surface area contributed by atoms with Crippen LogP contribution in [0, 0.1) is 0 Å². The molecular formula is C28H30Cl2N4OS. The highest BCUT2D eigenvalue weighted by Gasteiger charge is 2.20. The molecule has 36 heavy (non-hydrogen) atoms. The minimum absolute atomic E-state index is 0.227. The van der Waals surface area contributed by atoms with Crippen molar-refractivity contribution in [2.24, 2.45) is 0 Å². The van der Waals surface area contributed by atoms with E-state index in [4.69, 9.17) is 35.4 Å². The second-order valence-corrected chi connectivity index (χ2v) is 10.4. The molecule has 4 rings (SSSR count). The normalized spacial score (nSPS) is 14.1. The second kappa shape index (κ2) is 12.1. The van der Waals surface area contributed by atoms with E-state index >= 15 is 0 Å². The van der Waals surface area contributed by atoms with E-state index in [9.17, 15) is 4.79 Å². The monoisotopic (exact) mass is 540 g/mol. The molecule has 3 aromatic rings. The van der Waals surface area contributed by atoms with Gasteiger partial charge in [0.25, 0.3) is 5.91 Å². The van der Waals surface area contributed by atoms with Gasteiger partial charge < -0.3 is 10.2 Å². The van der Waals surface area contributed by atoms with Crippen LogP contribution in [0.2, 0.25) is 10.0 Å². The summed E-state index contributed by atoms with van der Waals surface area (Å²) in [6, 6.07) is 21.3. The molecular weight excluding hydrogens is 511 g/mol. The van der Waals surface area contributed by atoms with E-state index in [1.165, 1.54) is 5.56 Å². The molecule has 0 unspecified atom stereocenters. The minimum Gasteiger partial charge on any atom is -0.368 e. The Morgan fingerprint density at radius 3 is 2.28 bits per heavy atom. The van der Waals surface area contributed by atoms with Gasteiger partial charge in [0.15, 0.2) is 5.11 Å². The standard InChI is InChI=1S/C28H30Cl2N4OS/c1-19(2)20-7-9-21(10-8-20)27(35)32-28(36)31-23-11-12-26(25(30)17-23)34-15-13-33(14-16-34)18-22-5-3-4-6-24(22)29/h3-12,17,19H,13-16,18H2,1-2H3,(H2,31,32,35,36). The maximum Gasteiger partial charge on any atom is 0.257 e. The van der Waals surface area contributed by atoms with Crippen LogP contribution >= 0.6 is 35.4 Å². The van der Waals surface area contributed by atoms with Gasteiger partial charge in [-0.25, -0.2) is 0 Å². The van der Waals surface area contributed by atoms with Crippen LogP contribution in [0.1, 0.15) is 41.3 Å². The smallest absolute Gasteiger partial charge is 0.257 e. The zero-order chi connectivity index (χ0) is 25.7. The SMILES string of the molecule is CC(C)c1ccc(C(=O)NC(=S)Nc2ccc(N3CCN(Cc4ccccc4Cl)CC3)c(Cl)c2)cc1. The highest BCUT2D eigenvalue weighted by Crippen LogP contribution is 2.30. The average Bonchev–Trinajstić information content (AvgIpc) is 2.86. The molecule has 0 atom stereocenters. The van der Waals surface area contributed by atoms with Gasteiger partial charge in [-0.1, -0.05) is 67.4 Å². The van der Waals surface area contributed by atoms with Gasteiger partial charge in [-0.3, -0.25) is 15.0 Å². The molecule has 0 aliphatic carbocycles. The third kappa shape index (κ3) is 6.77. The molecule has 5 nitrogen and oxygen atoms in total. The zero-order valence-electron chi connectivity index (χ0n) is 20.4. The number of hydrogen-bond donors (Lipinski definition) is 2.